The van der Waals surface area contributed by atoms with Crippen molar-refractivity contribution in [3.8, 4) is 0 Å². The lowest BCUT2D eigenvalue weighted by Gasteiger charge is -2.07. The minimum atomic E-state index is 0.474. The third kappa shape index (κ3) is 3.81. The topological polar surface area (TPSA) is 56.7 Å². The van der Waals surface area contributed by atoms with Gasteiger partial charge in [0.05, 0.1) is 6.54 Å². The van der Waals surface area contributed by atoms with Crippen molar-refractivity contribution in [2.45, 2.75) is 42.4 Å². The molecule has 0 radical (unpaired) electrons. The summed E-state index contributed by atoms with van der Waals surface area (Å²) in [6.45, 7) is 2.59. The van der Waals surface area contributed by atoms with E-state index in [0.717, 1.165) is 22.5 Å². The predicted molar refractivity (Wildman–Crippen MR) is 88.8 cm³/mol. The highest BCUT2D eigenvalue weighted by Gasteiger charge is 2.28. The van der Waals surface area contributed by atoms with Crippen molar-refractivity contribution < 1.29 is 0 Å². The maximum absolute atomic E-state index is 5.74. The van der Waals surface area contributed by atoms with Crippen LogP contribution in [0.2, 0.25) is 0 Å². The number of nitrogens with two attached hydrogens (primary N) is 1. The van der Waals surface area contributed by atoms with Crippen LogP contribution >= 0.6 is 23.5 Å². The van der Waals surface area contributed by atoms with Gasteiger partial charge in [-0.05, 0) is 31.9 Å². The Morgan fingerprint density at radius 2 is 1.86 bits per heavy atom. The normalized spacial score (nSPS) is 14.6. The molecule has 0 amide bonds. The van der Waals surface area contributed by atoms with Gasteiger partial charge in [-0.25, -0.2) is 0 Å². The van der Waals surface area contributed by atoms with Gasteiger partial charge in [-0.2, -0.15) is 0 Å². The number of thioether (sulfide) groups is 2. The number of rotatable bonds is 7. The summed E-state index contributed by atoms with van der Waals surface area (Å²) in [5.41, 5.74) is 7.04. The Morgan fingerprint density at radius 3 is 2.52 bits per heavy atom. The van der Waals surface area contributed by atoms with Crippen molar-refractivity contribution in [2.75, 3.05) is 11.5 Å². The molecular formula is C15H20N4S2. The fraction of sp³-hybridized carbons (Fsp3) is 0.467. The Morgan fingerprint density at radius 1 is 1.14 bits per heavy atom. The van der Waals surface area contributed by atoms with Crippen molar-refractivity contribution in [3.05, 3.63) is 35.7 Å². The van der Waals surface area contributed by atoms with Gasteiger partial charge in [-0.15, -0.1) is 22.0 Å². The number of hydrogen-bond donors (Lipinski definition) is 1. The van der Waals surface area contributed by atoms with Crippen molar-refractivity contribution in [1.82, 2.24) is 14.8 Å². The molecule has 112 valence electrons. The minimum Gasteiger partial charge on any atom is -0.324 e. The number of aromatic nitrogens is 3. The molecule has 1 heterocycles. The molecule has 3 rings (SSSR count). The van der Waals surface area contributed by atoms with Crippen molar-refractivity contribution in [3.63, 3.8) is 0 Å². The summed E-state index contributed by atoms with van der Waals surface area (Å²) in [6.07, 6.45) is 2.47. The molecule has 1 aromatic heterocycles. The minimum absolute atomic E-state index is 0.474. The SMILES string of the molecule is Cc1ccc(SCCSc2nnc(CN)n2C2CC2)cc1. The monoisotopic (exact) mass is 320 g/mol. The smallest absolute Gasteiger partial charge is 0.191 e. The molecule has 1 saturated carbocycles. The second-order valence-electron chi connectivity index (χ2n) is 5.21. The molecule has 21 heavy (non-hydrogen) atoms. The Hall–Kier alpha value is -0.980. The molecule has 1 fully saturated rings. The summed E-state index contributed by atoms with van der Waals surface area (Å²) in [7, 11) is 0. The molecule has 2 N–H and O–H groups in total. The Bertz CT molecular complexity index is 590. The Labute approximate surface area is 133 Å². The third-order valence-corrected chi connectivity index (χ3v) is 5.65. The lowest BCUT2D eigenvalue weighted by molar-refractivity contribution is 0.626. The summed E-state index contributed by atoms with van der Waals surface area (Å²) in [4.78, 5) is 1.33. The van der Waals surface area contributed by atoms with Crippen LogP contribution in [0.1, 0.15) is 30.3 Å². The van der Waals surface area contributed by atoms with E-state index in [-0.39, 0.29) is 0 Å². The quantitative estimate of drug-likeness (QED) is 0.627. The van der Waals surface area contributed by atoms with Gasteiger partial charge in [0.25, 0.3) is 0 Å². The first-order valence-corrected chi connectivity index (χ1v) is 9.21. The highest BCUT2D eigenvalue weighted by atomic mass is 32.2. The van der Waals surface area contributed by atoms with Crippen molar-refractivity contribution in [1.29, 1.82) is 0 Å². The number of benzene rings is 1. The van der Waals surface area contributed by atoms with E-state index in [1.807, 2.05) is 11.8 Å². The van der Waals surface area contributed by atoms with Crippen LogP contribution in [-0.4, -0.2) is 26.3 Å². The Kier molecular flexibility index (Phi) is 4.87. The van der Waals surface area contributed by atoms with Gasteiger partial charge >= 0.3 is 0 Å². The van der Waals surface area contributed by atoms with Crippen LogP contribution in [0.4, 0.5) is 0 Å². The summed E-state index contributed by atoms with van der Waals surface area (Å²) in [5, 5.41) is 9.52. The molecule has 0 atom stereocenters. The first-order valence-electron chi connectivity index (χ1n) is 7.24. The van der Waals surface area contributed by atoms with Crippen LogP contribution < -0.4 is 5.73 Å². The van der Waals surface area contributed by atoms with E-state index in [4.69, 9.17) is 5.73 Å². The van der Waals surface area contributed by atoms with Crippen LogP contribution in [0.15, 0.2) is 34.3 Å². The molecule has 0 saturated heterocycles. The molecular weight excluding hydrogens is 300 g/mol. The van der Waals surface area contributed by atoms with Crippen LogP contribution in [-0.2, 0) is 6.54 Å². The lowest BCUT2D eigenvalue weighted by Crippen LogP contribution is -2.08. The maximum atomic E-state index is 5.74. The summed E-state index contributed by atoms with van der Waals surface area (Å²) >= 11 is 3.67. The fourth-order valence-corrected chi connectivity index (χ4v) is 4.08. The second kappa shape index (κ2) is 6.85. The van der Waals surface area contributed by atoms with Crippen LogP contribution in [0.5, 0.6) is 0 Å². The molecule has 4 nitrogen and oxygen atoms in total. The molecule has 1 aliphatic carbocycles. The zero-order valence-corrected chi connectivity index (χ0v) is 13.8. The van der Waals surface area contributed by atoms with E-state index in [2.05, 4.69) is 46.0 Å². The van der Waals surface area contributed by atoms with E-state index < -0.39 is 0 Å². The molecule has 1 aliphatic rings. The van der Waals surface area contributed by atoms with E-state index in [0.29, 0.717) is 12.6 Å². The van der Waals surface area contributed by atoms with Crippen LogP contribution in [0.25, 0.3) is 0 Å². The van der Waals surface area contributed by atoms with Gasteiger partial charge < -0.3 is 10.3 Å². The highest BCUT2D eigenvalue weighted by Crippen LogP contribution is 2.38. The standard InChI is InChI=1S/C15H20N4S2/c1-11-2-6-13(7-3-11)20-8-9-21-15-18-17-14(10-16)19(15)12-4-5-12/h2-3,6-7,12H,4-5,8-10,16H2,1H3. The van der Waals surface area contributed by atoms with E-state index in [9.17, 15) is 0 Å². The van der Waals surface area contributed by atoms with Gasteiger partial charge in [0, 0.05) is 22.4 Å². The molecule has 2 aromatic rings. The first-order chi connectivity index (χ1) is 10.3. The summed E-state index contributed by atoms with van der Waals surface area (Å²) < 4.78 is 2.24. The molecule has 6 heteroatoms. The maximum Gasteiger partial charge on any atom is 0.191 e. The van der Waals surface area contributed by atoms with Gasteiger partial charge in [0.1, 0.15) is 5.82 Å². The summed E-state index contributed by atoms with van der Waals surface area (Å²) in [6, 6.07) is 9.28. The van der Waals surface area contributed by atoms with Crippen molar-refractivity contribution >= 4 is 23.5 Å². The zero-order chi connectivity index (χ0) is 14.7. The molecule has 0 aliphatic heterocycles. The van der Waals surface area contributed by atoms with E-state index in [1.54, 1.807) is 11.8 Å². The molecule has 1 aromatic carbocycles. The highest BCUT2D eigenvalue weighted by molar-refractivity contribution is 8.02. The second-order valence-corrected chi connectivity index (χ2v) is 7.44. The predicted octanol–water partition coefficient (Wildman–Crippen LogP) is 3.26. The largest absolute Gasteiger partial charge is 0.324 e. The van der Waals surface area contributed by atoms with Crippen LogP contribution in [0, 0.1) is 6.92 Å². The molecule has 0 unspecified atom stereocenters. The number of nitrogens with zero attached hydrogens (tertiary/aromatic N) is 3. The van der Waals surface area contributed by atoms with E-state index >= 15 is 0 Å². The van der Waals surface area contributed by atoms with Crippen molar-refractivity contribution in [2.24, 2.45) is 5.73 Å². The Balaban J connectivity index is 1.51. The average Bonchev–Trinajstić information content (AvgIpc) is 3.26. The fourth-order valence-electron chi connectivity index (χ4n) is 2.17. The summed E-state index contributed by atoms with van der Waals surface area (Å²) in [5.74, 6) is 3.03. The number of aryl methyl sites for hydroxylation is 1. The molecule has 0 spiro atoms. The molecule has 0 bridgehead atoms. The first kappa shape index (κ1) is 14.9. The average molecular weight is 320 g/mol. The van der Waals surface area contributed by atoms with Gasteiger partial charge in [0.2, 0.25) is 0 Å². The zero-order valence-electron chi connectivity index (χ0n) is 12.2. The van der Waals surface area contributed by atoms with Gasteiger partial charge in [-0.1, -0.05) is 29.5 Å². The van der Waals surface area contributed by atoms with Gasteiger partial charge in [-0.3, -0.25) is 0 Å². The lowest BCUT2D eigenvalue weighted by atomic mass is 10.2. The number of hydrogen-bond acceptors (Lipinski definition) is 5. The third-order valence-electron chi connectivity index (χ3n) is 3.43. The van der Waals surface area contributed by atoms with Crippen LogP contribution in [0.3, 0.4) is 0 Å². The van der Waals surface area contributed by atoms with Gasteiger partial charge in [0.15, 0.2) is 5.16 Å². The van der Waals surface area contributed by atoms with E-state index in [1.165, 1.54) is 23.3 Å².